The number of nitrogens with zero attached hydrogens (tertiary/aromatic N) is 5. The highest BCUT2D eigenvalue weighted by molar-refractivity contribution is 5.84. The van der Waals surface area contributed by atoms with E-state index in [0.717, 1.165) is 41.0 Å². The lowest BCUT2D eigenvalue weighted by molar-refractivity contribution is 0.271. The molecule has 8 nitrogen and oxygen atoms in total. The molecule has 0 aliphatic heterocycles. The van der Waals surface area contributed by atoms with E-state index >= 15 is 0 Å². The number of hydrogen-bond acceptors (Lipinski definition) is 7. The van der Waals surface area contributed by atoms with Crippen LogP contribution >= 0.6 is 0 Å². The van der Waals surface area contributed by atoms with Crippen LogP contribution in [-0.4, -0.2) is 42.3 Å². The average Bonchev–Trinajstić information content (AvgIpc) is 3.25. The van der Waals surface area contributed by atoms with Crippen LogP contribution in [0.2, 0.25) is 0 Å². The Bertz CT molecular complexity index is 1120. The van der Waals surface area contributed by atoms with Crippen LogP contribution in [0.25, 0.3) is 22.4 Å². The predicted molar refractivity (Wildman–Crippen MR) is 123 cm³/mol. The quantitative estimate of drug-likeness (QED) is 0.382. The van der Waals surface area contributed by atoms with Gasteiger partial charge in [0.2, 0.25) is 5.95 Å². The lowest BCUT2D eigenvalue weighted by atomic mass is 10.1. The maximum absolute atomic E-state index is 9.53. The third-order valence-electron chi connectivity index (χ3n) is 5.23. The van der Waals surface area contributed by atoms with E-state index in [0.29, 0.717) is 18.3 Å². The molecule has 1 aromatic carbocycles. The van der Waals surface area contributed by atoms with Crippen molar-refractivity contribution in [2.45, 2.75) is 39.4 Å². The van der Waals surface area contributed by atoms with Gasteiger partial charge in [0, 0.05) is 24.8 Å². The van der Waals surface area contributed by atoms with Crippen molar-refractivity contribution in [2.75, 3.05) is 17.2 Å². The highest BCUT2D eigenvalue weighted by Crippen LogP contribution is 2.23. The van der Waals surface area contributed by atoms with Crippen LogP contribution in [0.1, 0.15) is 25.8 Å². The normalized spacial score (nSPS) is 12.1. The number of rotatable bonds is 9. The summed E-state index contributed by atoms with van der Waals surface area (Å²) < 4.78 is 1.98. The molecule has 0 saturated carbocycles. The Morgan fingerprint density at radius 2 is 1.87 bits per heavy atom. The van der Waals surface area contributed by atoms with Crippen LogP contribution in [0.3, 0.4) is 0 Å². The van der Waals surface area contributed by atoms with Crippen LogP contribution in [0.4, 0.5) is 11.8 Å². The fourth-order valence-electron chi connectivity index (χ4n) is 3.34. The highest BCUT2D eigenvalue weighted by Gasteiger charge is 2.15. The van der Waals surface area contributed by atoms with Gasteiger partial charge in [0.15, 0.2) is 17.0 Å². The second-order valence-electron chi connectivity index (χ2n) is 7.30. The fraction of sp³-hybridized carbons (Fsp3) is 0.304. The van der Waals surface area contributed by atoms with Crippen molar-refractivity contribution >= 4 is 22.9 Å². The summed E-state index contributed by atoms with van der Waals surface area (Å²) in [5.74, 6) is 1.15. The zero-order valence-corrected chi connectivity index (χ0v) is 17.8. The number of pyridine rings is 1. The largest absolute Gasteiger partial charge is 0.394 e. The molecule has 0 fully saturated rings. The number of aromatic nitrogens is 5. The maximum Gasteiger partial charge on any atom is 0.227 e. The Morgan fingerprint density at radius 3 is 2.55 bits per heavy atom. The van der Waals surface area contributed by atoms with Gasteiger partial charge >= 0.3 is 0 Å². The number of hydrogen-bond donors (Lipinski definition) is 3. The summed E-state index contributed by atoms with van der Waals surface area (Å²) in [6, 6.07) is 14.1. The second kappa shape index (κ2) is 9.53. The van der Waals surface area contributed by atoms with Crippen LogP contribution < -0.4 is 10.6 Å². The summed E-state index contributed by atoms with van der Waals surface area (Å²) in [5.41, 5.74) is 4.65. The van der Waals surface area contributed by atoms with Crippen LogP contribution in [0, 0.1) is 0 Å². The molecular formula is C23H27N7O. The minimum absolute atomic E-state index is 0.0241. The number of nitrogens with one attached hydrogen (secondary N) is 2. The van der Waals surface area contributed by atoms with Gasteiger partial charge in [0.25, 0.3) is 0 Å². The molecule has 3 heterocycles. The zero-order chi connectivity index (χ0) is 21.6. The molecule has 0 saturated heterocycles. The summed E-state index contributed by atoms with van der Waals surface area (Å²) >= 11 is 0. The third kappa shape index (κ3) is 4.64. The standard InChI is InChI=1S/C23H27N7O/c1-3-18(14-31)27-23-28-21(20-22(29-23)30(4-2)15-26-20)25-13-16-8-10-17(11-9-16)19-7-5-6-12-24-19/h5-12,15,18,31H,3-4,13-14H2,1-2H3,(H2,25,27,28,29). The van der Waals surface area contributed by atoms with Gasteiger partial charge in [-0.05, 0) is 31.0 Å². The molecule has 3 N–H and O–H groups in total. The summed E-state index contributed by atoms with van der Waals surface area (Å²) in [5, 5.41) is 16.2. The van der Waals surface area contributed by atoms with E-state index in [2.05, 4.69) is 61.8 Å². The van der Waals surface area contributed by atoms with Gasteiger partial charge < -0.3 is 20.3 Å². The molecule has 0 aliphatic carbocycles. The number of fused-ring (bicyclic) bond motifs is 1. The van der Waals surface area contributed by atoms with E-state index in [1.807, 2.05) is 29.7 Å². The Balaban J connectivity index is 1.56. The number of aryl methyl sites for hydroxylation is 1. The van der Waals surface area contributed by atoms with E-state index in [-0.39, 0.29) is 12.6 Å². The van der Waals surface area contributed by atoms with Gasteiger partial charge in [-0.15, -0.1) is 0 Å². The maximum atomic E-state index is 9.53. The number of benzene rings is 1. The van der Waals surface area contributed by atoms with Gasteiger partial charge in [-0.1, -0.05) is 37.3 Å². The first-order valence-electron chi connectivity index (χ1n) is 10.6. The van der Waals surface area contributed by atoms with Crippen LogP contribution in [-0.2, 0) is 13.1 Å². The monoisotopic (exact) mass is 417 g/mol. The molecule has 0 radical (unpaired) electrons. The minimum atomic E-state index is -0.0950. The zero-order valence-electron chi connectivity index (χ0n) is 17.8. The molecule has 0 spiro atoms. The molecule has 31 heavy (non-hydrogen) atoms. The first kappa shape index (κ1) is 20.7. The topological polar surface area (TPSA) is 101 Å². The van der Waals surface area contributed by atoms with Crippen molar-refractivity contribution in [2.24, 2.45) is 0 Å². The van der Waals surface area contributed by atoms with Crippen molar-refractivity contribution in [1.29, 1.82) is 0 Å². The highest BCUT2D eigenvalue weighted by atomic mass is 16.3. The summed E-state index contributed by atoms with van der Waals surface area (Å²) in [7, 11) is 0. The molecule has 4 aromatic rings. The van der Waals surface area contributed by atoms with E-state index in [9.17, 15) is 5.11 Å². The summed E-state index contributed by atoms with van der Waals surface area (Å²) in [4.78, 5) is 18.2. The molecule has 0 amide bonds. The number of anilines is 2. The van der Waals surface area contributed by atoms with Gasteiger partial charge in [0.1, 0.15) is 0 Å². The molecule has 160 valence electrons. The first-order chi connectivity index (χ1) is 15.2. The molecule has 8 heteroatoms. The number of aliphatic hydroxyl groups is 1. The lowest BCUT2D eigenvalue weighted by Gasteiger charge is -2.15. The first-order valence-corrected chi connectivity index (χ1v) is 10.6. The predicted octanol–water partition coefficient (Wildman–Crippen LogP) is 3.70. The van der Waals surface area contributed by atoms with Crippen molar-refractivity contribution in [3.8, 4) is 11.3 Å². The van der Waals surface area contributed by atoms with Gasteiger partial charge in [-0.3, -0.25) is 4.98 Å². The fourth-order valence-corrected chi connectivity index (χ4v) is 3.34. The van der Waals surface area contributed by atoms with Crippen molar-refractivity contribution in [1.82, 2.24) is 24.5 Å². The Hall–Kier alpha value is -3.52. The molecule has 1 unspecified atom stereocenters. The molecular weight excluding hydrogens is 390 g/mol. The Morgan fingerprint density at radius 1 is 1.03 bits per heavy atom. The smallest absolute Gasteiger partial charge is 0.227 e. The van der Waals surface area contributed by atoms with Gasteiger partial charge in [-0.25, -0.2) is 4.98 Å². The molecule has 3 aromatic heterocycles. The van der Waals surface area contributed by atoms with Gasteiger partial charge in [0.05, 0.1) is 24.7 Å². The van der Waals surface area contributed by atoms with Crippen LogP contribution in [0.5, 0.6) is 0 Å². The Kier molecular flexibility index (Phi) is 6.37. The summed E-state index contributed by atoms with van der Waals surface area (Å²) in [6.07, 6.45) is 4.35. The molecule has 0 aliphatic rings. The Labute approximate surface area is 181 Å². The van der Waals surface area contributed by atoms with Crippen molar-refractivity contribution < 1.29 is 5.11 Å². The van der Waals surface area contributed by atoms with E-state index in [1.54, 1.807) is 12.5 Å². The molecule has 1 atom stereocenters. The average molecular weight is 418 g/mol. The minimum Gasteiger partial charge on any atom is -0.394 e. The van der Waals surface area contributed by atoms with E-state index in [1.165, 1.54) is 0 Å². The van der Waals surface area contributed by atoms with E-state index < -0.39 is 0 Å². The van der Waals surface area contributed by atoms with Crippen molar-refractivity contribution in [3.05, 3.63) is 60.6 Å². The molecule has 4 rings (SSSR count). The lowest BCUT2D eigenvalue weighted by Crippen LogP contribution is -2.24. The molecule has 0 bridgehead atoms. The SMILES string of the molecule is CCC(CO)Nc1nc(NCc2ccc(-c3ccccn3)cc2)c2ncn(CC)c2n1. The summed E-state index contributed by atoms with van der Waals surface area (Å²) in [6.45, 7) is 5.45. The van der Waals surface area contributed by atoms with Crippen LogP contribution in [0.15, 0.2) is 55.0 Å². The van der Waals surface area contributed by atoms with Crippen molar-refractivity contribution in [3.63, 3.8) is 0 Å². The van der Waals surface area contributed by atoms with E-state index in [4.69, 9.17) is 0 Å². The third-order valence-corrected chi connectivity index (χ3v) is 5.23. The second-order valence-corrected chi connectivity index (χ2v) is 7.30. The number of imidazole rings is 1. The van der Waals surface area contributed by atoms with Gasteiger partial charge in [-0.2, -0.15) is 9.97 Å². The number of aliphatic hydroxyl groups excluding tert-OH is 1.